The molecule has 6 heterocycles. The molecule has 0 amide bonds. The van der Waals surface area contributed by atoms with Crippen LogP contribution in [0.2, 0.25) is 0 Å². The zero-order valence-corrected chi connectivity index (χ0v) is 30.8. The Morgan fingerprint density at radius 2 is 0.722 bits per heavy atom. The highest BCUT2D eigenvalue weighted by Gasteiger charge is 2.23. The summed E-state index contributed by atoms with van der Waals surface area (Å²) in [5.74, 6) is 0. The summed E-state index contributed by atoms with van der Waals surface area (Å²) in [6.45, 7) is 0. The molecule has 12 rings (SSSR count). The van der Waals surface area contributed by atoms with E-state index in [0.29, 0.717) is 0 Å². The molecule has 7 heteroatoms. The number of aromatic nitrogens is 6. The number of aromatic amines is 1. The smallest absolute Gasteiger partial charge is 0.0751 e. The molecule has 6 aromatic carbocycles. The van der Waals surface area contributed by atoms with Crippen molar-refractivity contribution in [3.8, 4) is 0 Å². The van der Waals surface area contributed by atoms with Crippen LogP contribution in [-0.4, -0.2) is 27.8 Å². The maximum atomic E-state index is 3.72. The van der Waals surface area contributed by atoms with Gasteiger partial charge in [-0.3, -0.25) is 0 Å². The lowest BCUT2D eigenvalue weighted by Crippen LogP contribution is -2.10. The summed E-state index contributed by atoms with van der Waals surface area (Å²) in [6, 6.07) is 46.9. The van der Waals surface area contributed by atoms with Gasteiger partial charge in [-0.05, 0) is 72.8 Å². The minimum absolute atomic E-state index is 1.11. The van der Waals surface area contributed by atoms with Crippen LogP contribution in [0.3, 0.4) is 0 Å². The molecule has 0 bridgehead atoms. The molecule has 6 aromatic heterocycles. The van der Waals surface area contributed by atoms with E-state index in [9.17, 15) is 0 Å². The maximum Gasteiger partial charge on any atom is 0.0751 e. The molecule has 12 aromatic rings. The summed E-state index contributed by atoms with van der Waals surface area (Å²) >= 11 is 0. The SMILES string of the molecule is Cn1c2cc(N(c3ccc4c(c3)n(C)c3c5ccccc5n(C)c43)c3ccc4c(c3)n(C)c3c5ccccc5n(C)c43)ccc2c2[nH]c3ccccc3c21. The third-order valence-corrected chi connectivity index (χ3v) is 12.4. The lowest BCUT2D eigenvalue weighted by atomic mass is 10.1. The van der Waals surface area contributed by atoms with Gasteiger partial charge in [0, 0.05) is 90.1 Å². The van der Waals surface area contributed by atoms with Gasteiger partial charge in [0.2, 0.25) is 0 Å². The van der Waals surface area contributed by atoms with Crippen LogP contribution in [0.4, 0.5) is 17.1 Å². The van der Waals surface area contributed by atoms with Crippen LogP contribution in [0, 0.1) is 0 Å². The van der Waals surface area contributed by atoms with Gasteiger partial charge in [0.1, 0.15) is 0 Å². The number of hydrogen-bond donors (Lipinski definition) is 1. The van der Waals surface area contributed by atoms with Crippen molar-refractivity contribution in [3.63, 3.8) is 0 Å². The second-order valence-corrected chi connectivity index (χ2v) is 15.1. The summed E-state index contributed by atoms with van der Waals surface area (Å²) in [5, 5.41) is 7.53. The van der Waals surface area contributed by atoms with Gasteiger partial charge in [0.15, 0.2) is 0 Å². The number of para-hydroxylation sites is 3. The summed E-state index contributed by atoms with van der Waals surface area (Å²) in [4.78, 5) is 6.15. The molecule has 0 spiro atoms. The Morgan fingerprint density at radius 1 is 0.352 bits per heavy atom. The van der Waals surface area contributed by atoms with Crippen LogP contribution in [0.25, 0.3) is 98.5 Å². The van der Waals surface area contributed by atoms with E-state index in [2.05, 4.69) is 195 Å². The van der Waals surface area contributed by atoms with Gasteiger partial charge in [-0.15, -0.1) is 0 Å². The molecular weight excluding hydrogens is 663 g/mol. The molecule has 1 N–H and O–H groups in total. The number of H-pyrrole nitrogens is 1. The van der Waals surface area contributed by atoms with E-state index in [0.717, 1.165) is 22.6 Å². The second kappa shape index (κ2) is 10.2. The molecule has 0 fully saturated rings. The first-order valence-corrected chi connectivity index (χ1v) is 18.6. The van der Waals surface area contributed by atoms with E-state index in [1.807, 2.05) is 0 Å². The first-order chi connectivity index (χ1) is 26.4. The molecule has 7 nitrogen and oxygen atoms in total. The number of nitrogens with zero attached hydrogens (tertiary/aromatic N) is 6. The van der Waals surface area contributed by atoms with Crippen LogP contribution in [0.1, 0.15) is 0 Å². The number of benzene rings is 6. The van der Waals surface area contributed by atoms with Crippen molar-refractivity contribution in [1.82, 2.24) is 27.8 Å². The van der Waals surface area contributed by atoms with E-state index in [1.165, 1.54) is 93.0 Å². The number of hydrogen-bond acceptors (Lipinski definition) is 1. The zero-order valence-electron chi connectivity index (χ0n) is 30.8. The summed E-state index contributed by atoms with van der Waals surface area (Å²) in [6.07, 6.45) is 0. The van der Waals surface area contributed by atoms with Crippen molar-refractivity contribution >= 4 is 116 Å². The fraction of sp³-hybridized carbons (Fsp3) is 0.106. The highest BCUT2D eigenvalue weighted by atomic mass is 15.2. The van der Waals surface area contributed by atoms with Crippen LogP contribution in [0.15, 0.2) is 127 Å². The molecule has 0 saturated heterocycles. The first kappa shape index (κ1) is 29.7. The molecule has 0 aliphatic carbocycles. The first-order valence-electron chi connectivity index (χ1n) is 18.6. The minimum Gasteiger partial charge on any atom is -0.353 e. The number of anilines is 3. The lowest BCUT2D eigenvalue weighted by molar-refractivity contribution is 1.00. The number of fused-ring (bicyclic) bond motifs is 15. The van der Waals surface area contributed by atoms with Crippen LogP contribution in [-0.2, 0) is 35.2 Å². The molecule has 0 unspecified atom stereocenters. The molecule has 0 atom stereocenters. The summed E-state index contributed by atoms with van der Waals surface area (Å²) in [5.41, 5.74) is 18.1. The van der Waals surface area contributed by atoms with Crippen LogP contribution in [0.5, 0.6) is 0 Å². The third kappa shape index (κ3) is 3.56. The van der Waals surface area contributed by atoms with Gasteiger partial charge >= 0.3 is 0 Å². The summed E-state index contributed by atoms with van der Waals surface area (Å²) < 4.78 is 11.8. The zero-order chi connectivity index (χ0) is 36.1. The van der Waals surface area contributed by atoms with E-state index in [1.54, 1.807) is 0 Å². The van der Waals surface area contributed by atoms with Crippen molar-refractivity contribution in [3.05, 3.63) is 127 Å². The van der Waals surface area contributed by atoms with E-state index in [-0.39, 0.29) is 0 Å². The number of aryl methyl sites for hydroxylation is 5. The summed E-state index contributed by atoms with van der Waals surface area (Å²) in [7, 11) is 11.0. The molecule has 0 saturated carbocycles. The maximum absolute atomic E-state index is 3.72. The third-order valence-electron chi connectivity index (χ3n) is 12.4. The van der Waals surface area contributed by atoms with Crippen molar-refractivity contribution in [2.75, 3.05) is 4.90 Å². The van der Waals surface area contributed by atoms with E-state index >= 15 is 0 Å². The van der Waals surface area contributed by atoms with E-state index < -0.39 is 0 Å². The van der Waals surface area contributed by atoms with Gasteiger partial charge in [-0.25, -0.2) is 0 Å². The van der Waals surface area contributed by atoms with Gasteiger partial charge < -0.3 is 32.7 Å². The Morgan fingerprint density at radius 3 is 1.24 bits per heavy atom. The fourth-order valence-corrected chi connectivity index (χ4v) is 9.94. The van der Waals surface area contributed by atoms with Gasteiger partial charge in [-0.2, -0.15) is 0 Å². The van der Waals surface area contributed by atoms with Gasteiger partial charge in [0.05, 0.1) is 60.7 Å². The number of rotatable bonds is 3. The molecule has 260 valence electrons. The normalized spacial score (nSPS) is 12.5. The Bertz CT molecular complexity index is 3410. The number of nitrogens with one attached hydrogen (secondary N) is 1. The fourth-order valence-electron chi connectivity index (χ4n) is 9.94. The van der Waals surface area contributed by atoms with Crippen LogP contribution >= 0.6 is 0 Å². The average molecular weight is 700 g/mol. The van der Waals surface area contributed by atoms with Crippen LogP contribution < -0.4 is 4.90 Å². The molecule has 0 radical (unpaired) electrons. The second-order valence-electron chi connectivity index (χ2n) is 15.1. The van der Waals surface area contributed by atoms with Crippen molar-refractivity contribution in [1.29, 1.82) is 0 Å². The quantitative estimate of drug-likeness (QED) is 0.196. The minimum atomic E-state index is 1.11. The van der Waals surface area contributed by atoms with E-state index in [4.69, 9.17) is 0 Å². The predicted molar refractivity (Wildman–Crippen MR) is 228 cm³/mol. The molecule has 54 heavy (non-hydrogen) atoms. The lowest BCUT2D eigenvalue weighted by Gasteiger charge is -2.26. The van der Waals surface area contributed by atoms with Crippen molar-refractivity contribution < 1.29 is 0 Å². The average Bonchev–Trinajstić information content (AvgIpc) is 4.01. The molecule has 0 aliphatic rings. The highest BCUT2D eigenvalue weighted by Crippen LogP contribution is 2.44. The standard InChI is InChI=1S/C47H37N7/c1-49-37-16-10-7-13-32(37)44-46(49)34-22-19-28(25-40(34)52(44)4)54(27-18-21-31-39(24-27)51(3)43-30-12-6-9-15-36(30)48-42(31)43)29-20-23-35-41(26-29)53(5)45-33-14-8-11-17-38(33)50(2)47(35)45/h6-26,48H,1-5H3. The molecule has 0 aliphatic heterocycles. The Hall–Kier alpha value is -6.86. The van der Waals surface area contributed by atoms with Gasteiger partial charge in [0.25, 0.3) is 0 Å². The monoisotopic (exact) mass is 699 g/mol. The topological polar surface area (TPSA) is 43.7 Å². The predicted octanol–water partition coefficient (Wildman–Crippen LogP) is 11.6. The van der Waals surface area contributed by atoms with Crippen molar-refractivity contribution in [2.24, 2.45) is 35.2 Å². The Labute approximate surface area is 310 Å². The molecular formula is C47H37N7. The Kier molecular flexibility index (Phi) is 5.59. The highest BCUT2D eigenvalue weighted by molar-refractivity contribution is 6.21. The Balaban J connectivity index is 1.13. The largest absolute Gasteiger partial charge is 0.353 e. The van der Waals surface area contributed by atoms with Crippen molar-refractivity contribution in [2.45, 2.75) is 0 Å². The van der Waals surface area contributed by atoms with Gasteiger partial charge in [-0.1, -0.05) is 54.6 Å².